The van der Waals surface area contributed by atoms with Crippen LogP contribution >= 0.6 is 0 Å². The van der Waals surface area contributed by atoms with Crippen molar-refractivity contribution in [2.24, 2.45) is 0 Å². The van der Waals surface area contributed by atoms with Gasteiger partial charge in [-0.05, 0) is 50.1 Å². The summed E-state index contributed by atoms with van der Waals surface area (Å²) in [6.07, 6.45) is 7.96. The monoisotopic (exact) mass is 372 g/mol. The highest BCUT2D eigenvalue weighted by molar-refractivity contribution is 5.82. The highest BCUT2D eigenvalue weighted by atomic mass is 15.1. The minimum Gasteiger partial charge on any atom is -0.361 e. The van der Waals surface area contributed by atoms with Crippen LogP contribution in [0.3, 0.4) is 0 Å². The molecule has 1 aromatic carbocycles. The Morgan fingerprint density at radius 2 is 2.11 bits per heavy atom. The second-order valence-corrected chi connectivity index (χ2v) is 7.59. The van der Waals surface area contributed by atoms with Crippen LogP contribution in [0.2, 0.25) is 0 Å². The Balaban J connectivity index is 1.38. The van der Waals surface area contributed by atoms with E-state index in [1.807, 2.05) is 19.3 Å². The molecular formula is C22H24N6. The number of nitrogens with one attached hydrogen (secondary N) is 2. The lowest BCUT2D eigenvalue weighted by molar-refractivity contribution is 0.199. The third kappa shape index (κ3) is 3.31. The first-order valence-corrected chi connectivity index (χ1v) is 9.89. The fourth-order valence-corrected chi connectivity index (χ4v) is 4.30. The SMILES string of the molecule is Cc1nc(-c2ncc[nH]2)cc([C@H]2CCCN(Cc3cccc4[nH]ccc34)C2)n1. The van der Waals surface area contributed by atoms with Gasteiger partial charge >= 0.3 is 0 Å². The van der Waals surface area contributed by atoms with E-state index in [-0.39, 0.29) is 0 Å². The number of benzene rings is 1. The van der Waals surface area contributed by atoms with Crippen LogP contribution in [0.4, 0.5) is 0 Å². The molecule has 3 aromatic heterocycles. The molecule has 0 amide bonds. The average Bonchev–Trinajstić information content (AvgIpc) is 3.40. The molecule has 1 aliphatic rings. The number of aromatic nitrogens is 5. The van der Waals surface area contributed by atoms with E-state index < -0.39 is 0 Å². The van der Waals surface area contributed by atoms with Crippen LogP contribution in [-0.4, -0.2) is 42.9 Å². The van der Waals surface area contributed by atoms with Gasteiger partial charge < -0.3 is 9.97 Å². The van der Waals surface area contributed by atoms with Crippen LogP contribution in [0, 0.1) is 6.92 Å². The number of H-pyrrole nitrogens is 2. The summed E-state index contributed by atoms with van der Waals surface area (Å²) in [6, 6.07) is 10.8. The summed E-state index contributed by atoms with van der Waals surface area (Å²) in [5, 5.41) is 1.32. The summed E-state index contributed by atoms with van der Waals surface area (Å²) in [6.45, 7) is 5.09. The number of fused-ring (bicyclic) bond motifs is 1. The molecule has 2 N–H and O–H groups in total. The van der Waals surface area contributed by atoms with Crippen molar-refractivity contribution in [2.45, 2.75) is 32.2 Å². The molecule has 1 saturated heterocycles. The largest absolute Gasteiger partial charge is 0.361 e. The van der Waals surface area contributed by atoms with E-state index in [0.717, 1.165) is 42.7 Å². The Labute approximate surface area is 164 Å². The van der Waals surface area contributed by atoms with Crippen molar-refractivity contribution < 1.29 is 0 Å². The van der Waals surface area contributed by atoms with E-state index in [9.17, 15) is 0 Å². The minimum atomic E-state index is 0.426. The van der Waals surface area contributed by atoms with Crippen LogP contribution in [0.5, 0.6) is 0 Å². The number of nitrogens with zero attached hydrogens (tertiary/aromatic N) is 4. The number of hydrogen-bond acceptors (Lipinski definition) is 4. The molecule has 6 heteroatoms. The maximum absolute atomic E-state index is 4.77. The van der Waals surface area contributed by atoms with Crippen molar-refractivity contribution in [3.63, 3.8) is 0 Å². The Hall–Kier alpha value is -2.99. The van der Waals surface area contributed by atoms with Crippen LogP contribution in [-0.2, 0) is 6.54 Å². The van der Waals surface area contributed by atoms with Gasteiger partial charge in [-0.1, -0.05) is 12.1 Å². The second kappa shape index (κ2) is 7.20. The molecule has 1 aliphatic heterocycles. The molecule has 4 heterocycles. The zero-order chi connectivity index (χ0) is 18.9. The highest BCUT2D eigenvalue weighted by Gasteiger charge is 2.24. The van der Waals surface area contributed by atoms with Gasteiger partial charge in [-0.2, -0.15) is 0 Å². The third-order valence-corrected chi connectivity index (χ3v) is 5.60. The predicted molar refractivity (Wildman–Crippen MR) is 110 cm³/mol. The average molecular weight is 372 g/mol. The zero-order valence-electron chi connectivity index (χ0n) is 16.0. The fourth-order valence-electron chi connectivity index (χ4n) is 4.30. The lowest BCUT2D eigenvalue weighted by Crippen LogP contribution is -2.34. The van der Waals surface area contributed by atoms with Crippen molar-refractivity contribution >= 4 is 10.9 Å². The van der Waals surface area contributed by atoms with Gasteiger partial charge in [0.15, 0.2) is 5.82 Å². The van der Waals surface area contributed by atoms with Crippen molar-refractivity contribution in [1.29, 1.82) is 0 Å². The standard InChI is InChI=1S/C22H24N6/c1-15-26-20(12-21(27-15)22-24-9-10-25-22)17-5-3-11-28(14-17)13-16-4-2-6-19-18(16)7-8-23-19/h2,4,6-10,12,17,23H,3,5,11,13-14H2,1H3,(H,24,25)/t17-/m0/s1. The van der Waals surface area contributed by atoms with Gasteiger partial charge in [0.1, 0.15) is 11.5 Å². The van der Waals surface area contributed by atoms with E-state index in [1.165, 1.54) is 29.3 Å². The molecule has 1 fully saturated rings. The minimum absolute atomic E-state index is 0.426. The number of rotatable bonds is 4. The maximum atomic E-state index is 4.77. The van der Waals surface area contributed by atoms with Crippen LogP contribution in [0.15, 0.2) is 48.9 Å². The van der Waals surface area contributed by atoms with E-state index in [4.69, 9.17) is 4.98 Å². The van der Waals surface area contributed by atoms with Gasteiger partial charge in [0.2, 0.25) is 0 Å². The molecule has 28 heavy (non-hydrogen) atoms. The highest BCUT2D eigenvalue weighted by Crippen LogP contribution is 2.29. The van der Waals surface area contributed by atoms with E-state index in [0.29, 0.717) is 5.92 Å². The number of aryl methyl sites for hydroxylation is 1. The molecule has 0 spiro atoms. The quantitative estimate of drug-likeness (QED) is 0.567. The van der Waals surface area contributed by atoms with E-state index in [2.05, 4.69) is 55.2 Å². The summed E-state index contributed by atoms with van der Waals surface area (Å²) >= 11 is 0. The molecule has 142 valence electrons. The Morgan fingerprint density at radius 1 is 1.14 bits per heavy atom. The predicted octanol–water partition coefficient (Wildman–Crippen LogP) is 4.04. The zero-order valence-corrected chi connectivity index (χ0v) is 16.0. The lowest BCUT2D eigenvalue weighted by Gasteiger charge is -2.32. The summed E-state index contributed by atoms with van der Waals surface area (Å²) < 4.78 is 0. The number of hydrogen-bond donors (Lipinski definition) is 2. The lowest BCUT2D eigenvalue weighted by atomic mass is 9.93. The maximum Gasteiger partial charge on any atom is 0.156 e. The first-order chi connectivity index (χ1) is 13.8. The molecular weight excluding hydrogens is 348 g/mol. The van der Waals surface area contributed by atoms with Crippen molar-refractivity contribution in [3.05, 3.63) is 66.0 Å². The molecule has 4 aromatic rings. The van der Waals surface area contributed by atoms with Crippen LogP contribution < -0.4 is 0 Å². The third-order valence-electron chi connectivity index (χ3n) is 5.60. The Bertz CT molecular complexity index is 1080. The van der Waals surface area contributed by atoms with E-state index in [1.54, 1.807) is 6.20 Å². The number of imidazole rings is 1. The van der Waals surface area contributed by atoms with Crippen molar-refractivity contribution in [2.75, 3.05) is 13.1 Å². The summed E-state index contributed by atoms with van der Waals surface area (Å²) in [7, 11) is 0. The van der Waals surface area contributed by atoms with Crippen LogP contribution in [0.25, 0.3) is 22.4 Å². The van der Waals surface area contributed by atoms with Gasteiger partial charge in [0.25, 0.3) is 0 Å². The number of likely N-dealkylation sites (tertiary alicyclic amines) is 1. The molecule has 0 unspecified atom stereocenters. The number of piperidine rings is 1. The summed E-state index contributed by atoms with van der Waals surface area (Å²) in [4.78, 5) is 22.7. The van der Waals surface area contributed by atoms with Gasteiger partial charge in [-0.15, -0.1) is 0 Å². The van der Waals surface area contributed by atoms with Gasteiger partial charge in [0.05, 0.1) is 0 Å². The first kappa shape index (κ1) is 17.1. The Kier molecular flexibility index (Phi) is 4.41. The molecule has 1 atom stereocenters. The van der Waals surface area contributed by atoms with Crippen molar-refractivity contribution in [3.8, 4) is 11.5 Å². The summed E-state index contributed by atoms with van der Waals surface area (Å²) in [5.41, 5.74) is 4.60. The smallest absolute Gasteiger partial charge is 0.156 e. The fraction of sp³-hybridized carbons (Fsp3) is 0.318. The van der Waals surface area contributed by atoms with Crippen LogP contribution in [0.1, 0.15) is 35.8 Å². The van der Waals surface area contributed by atoms with Gasteiger partial charge in [-0.25, -0.2) is 15.0 Å². The first-order valence-electron chi connectivity index (χ1n) is 9.89. The molecule has 6 nitrogen and oxygen atoms in total. The van der Waals surface area contributed by atoms with Gasteiger partial charge in [0, 0.05) is 54.2 Å². The second-order valence-electron chi connectivity index (χ2n) is 7.59. The molecule has 5 rings (SSSR count). The molecule has 0 bridgehead atoms. The normalized spacial score (nSPS) is 18.0. The molecule has 0 aliphatic carbocycles. The summed E-state index contributed by atoms with van der Waals surface area (Å²) in [5.74, 6) is 2.03. The van der Waals surface area contributed by atoms with Crippen molar-refractivity contribution in [1.82, 2.24) is 29.8 Å². The topological polar surface area (TPSA) is 73.5 Å². The molecule has 0 radical (unpaired) electrons. The van der Waals surface area contributed by atoms with E-state index >= 15 is 0 Å². The number of aromatic amines is 2. The van der Waals surface area contributed by atoms with Gasteiger partial charge in [-0.3, -0.25) is 4.90 Å². The molecule has 0 saturated carbocycles. The Morgan fingerprint density at radius 3 is 3.00 bits per heavy atom.